The van der Waals surface area contributed by atoms with Crippen molar-refractivity contribution in [3.05, 3.63) is 54.0 Å². The molecule has 0 unspecified atom stereocenters. The highest BCUT2D eigenvalue weighted by atomic mass is 16.5. The molecule has 1 saturated carbocycles. The first kappa shape index (κ1) is 18.3. The van der Waals surface area contributed by atoms with E-state index in [1.54, 1.807) is 27.9 Å². The summed E-state index contributed by atoms with van der Waals surface area (Å²) in [5.41, 5.74) is 2.46. The molecule has 2 amide bonds. The zero-order valence-electron chi connectivity index (χ0n) is 16.6. The van der Waals surface area contributed by atoms with Gasteiger partial charge in [-0.1, -0.05) is 6.07 Å². The molecule has 0 saturated heterocycles. The van der Waals surface area contributed by atoms with Crippen LogP contribution in [0.25, 0.3) is 11.4 Å². The minimum absolute atomic E-state index is 0.206. The third-order valence-corrected chi connectivity index (χ3v) is 5.70. The predicted molar refractivity (Wildman–Crippen MR) is 108 cm³/mol. The molecule has 152 valence electrons. The Bertz CT molecular complexity index is 1150. The number of hydrogen-bond acceptors (Lipinski definition) is 6. The van der Waals surface area contributed by atoms with Gasteiger partial charge in [-0.2, -0.15) is 5.10 Å². The topological polar surface area (TPSA) is 102 Å². The summed E-state index contributed by atoms with van der Waals surface area (Å²) >= 11 is 0. The van der Waals surface area contributed by atoms with Gasteiger partial charge >= 0.3 is 0 Å². The number of carbonyl (C=O) groups excluding carboxylic acids is 2. The molecular formula is C21H20N6O3. The zero-order chi connectivity index (χ0) is 20.9. The number of ether oxygens (including phenoxy) is 1. The van der Waals surface area contributed by atoms with E-state index in [0.29, 0.717) is 42.3 Å². The highest BCUT2D eigenvalue weighted by Gasteiger charge is 2.58. The van der Waals surface area contributed by atoms with Crippen molar-refractivity contribution in [3.63, 3.8) is 0 Å². The summed E-state index contributed by atoms with van der Waals surface area (Å²) in [6.45, 7) is 0.376. The maximum absolute atomic E-state index is 13.2. The number of amides is 2. The van der Waals surface area contributed by atoms with E-state index in [1.165, 1.54) is 13.3 Å². The van der Waals surface area contributed by atoms with E-state index in [0.717, 1.165) is 11.3 Å². The van der Waals surface area contributed by atoms with Crippen LogP contribution in [-0.2, 0) is 18.4 Å². The van der Waals surface area contributed by atoms with Crippen molar-refractivity contribution in [1.82, 2.24) is 24.6 Å². The third-order valence-electron chi connectivity index (χ3n) is 5.70. The van der Waals surface area contributed by atoms with E-state index in [-0.39, 0.29) is 11.8 Å². The lowest BCUT2D eigenvalue weighted by Gasteiger charge is -2.26. The van der Waals surface area contributed by atoms with E-state index in [9.17, 15) is 9.59 Å². The Kier molecular flexibility index (Phi) is 4.05. The maximum atomic E-state index is 13.2. The molecule has 1 fully saturated rings. The van der Waals surface area contributed by atoms with Crippen molar-refractivity contribution in [2.24, 2.45) is 7.05 Å². The van der Waals surface area contributed by atoms with E-state index >= 15 is 0 Å². The van der Waals surface area contributed by atoms with Crippen molar-refractivity contribution < 1.29 is 14.3 Å². The molecule has 0 atom stereocenters. The number of nitrogens with zero attached hydrogens (tertiary/aromatic N) is 5. The second-order valence-electron chi connectivity index (χ2n) is 7.51. The van der Waals surface area contributed by atoms with Crippen LogP contribution in [0.3, 0.4) is 0 Å². The summed E-state index contributed by atoms with van der Waals surface area (Å²) in [7, 11) is 3.36. The van der Waals surface area contributed by atoms with Gasteiger partial charge in [-0.3, -0.25) is 14.3 Å². The molecule has 0 radical (unpaired) electrons. The Morgan fingerprint density at radius 2 is 2.03 bits per heavy atom. The molecular weight excluding hydrogens is 384 g/mol. The van der Waals surface area contributed by atoms with Crippen molar-refractivity contribution in [2.45, 2.75) is 24.9 Å². The average molecular weight is 404 g/mol. The monoisotopic (exact) mass is 404 g/mol. The molecule has 0 bridgehead atoms. The van der Waals surface area contributed by atoms with Gasteiger partial charge in [0.05, 0.1) is 30.4 Å². The number of rotatable bonds is 5. The van der Waals surface area contributed by atoms with Crippen molar-refractivity contribution in [2.75, 3.05) is 12.4 Å². The first-order chi connectivity index (χ1) is 14.5. The minimum Gasteiger partial charge on any atom is -0.481 e. The molecule has 30 heavy (non-hydrogen) atoms. The summed E-state index contributed by atoms with van der Waals surface area (Å²) in [6.07, 6.45) is 4.47. The first-order valence-electron chi connectivity index (χ1n) is 9.63. The van der Waals surface area contributed by atoms with Gasteiger partial charge in [0, 0.05) is 31.4 Å². The van der Waals surface area contributed by atoms with Gasteiger partial charge in [0.15, 0.2) is 0 Å². The highest BCUT2D eigenvalue weighted by molar-refractivity contribution is 6.06. The average Bonchev–Trinajstić information content (AvgIpc) is 3.36. The van der Waals surface area contributed by atoms with Crippen molar-refractivity contribution in [1.29, 1.82) is 0 Å². The lowest BCUT2D eigenvalue weighted by molar-refractivity contribution is -0.122. The van der Waals surface area contributed by atoms with E-state index < -0.39 is 5.54 Å². The Morgan fingerprint density at radius 3 is 2.67 bits per heavy atom. The van der Waals surface area contributed by atoms with Crippen molar-refractivity contribution in [3.8, 4) is 17.3 Å². The normalized spacial score (nSPS) is 16.3. The van der Waals surface area contributed by atoms with Gasteiger partial charge < -0.3 is 15.0 Å². The number of hydrogen-bond donors (Lipinski definition) is 1. The largest absolute Gasteiger partial charge is 0.481 e. The highest BCUT2D eigenvalue weighted by Crippen LogP contribution is 2.46. The van der Waals surface area contributed by atoms with Crippen LogP contribution in [0.5, 0.6) is 5.88 Å². The molecule has 1 aliphatic carbocycles. The number of aromatic nitrogens is 4. The first-order valence-corrected chi connectivity index (χ1v) is 9.63. The molecule has 1 aliphatic heterocycles. The number of methoxy groups -OCH3 is 1. The number of carbonyl (C=O) groups is 2. The molecule has 1 N–H and O–H groups in total. The van der Waals surface area contributed by atoms with Gasteiger partial charge in [0.25, 0.3) is 5.91 Å². The zero-order valence-corrected chi connectivity index (χ0v) is 16.6. The fraction of sp³-hybridized carbons (Fsp3) is 0.286. The lowest BCUT2D eigenvalue weighted by atomic mass is 10.2. The van der Waals surface area contributed by atoms with Crippen LogP contribution in [-0.4, -0.2) is 49.1 Å². The summed E-state index contributed by atoms with van der Waals surface area (Å²) in [5.74, 6) is 0.0478. The number of fused-ring (bicyclic) bond motifs is 1. The summed E-state index contributed by atoms with van der Waals surface area (Å²) in [5, 5.41) is 7.04. The smallest absolute Gasteiger partial charge is 0.274 e. The number of aryl methyl sites for hydroxylation is 1. The second kappa shape index (κ2) is 6.65. The van der Waals surface area contributed by atoms with Crippen LogP contribution in [0.1, 0.15) is 28.9 Å². The van der Waals surface area contributed by atoms with Gasteiger partial charge in [-0.25, -0.2) is 9.97 Å². The summed E-state index contributed by atoms with van der Waals surface area (Å²) in [6, 6.07) is 9.04. The maximum Gasteiger partial charge on any atom is 0.274 e. The van der Waals surface area contributed by atoms with E-state index in [4.69, 9.17) is 4.74 Å². The second-order valence-corrected chi connectivity index (χ2v) is 7.51. The van der Waals surface area contributed by atoms with Gasteiger partial charge in [0.1, 0.15) is 11.2 Å². The Morgan fingerprint density at radius 1 is 1.20 bits per heavy atom. The van der Waals surface area contributed by atoms with Crippen LogP contribution in [0.2, 0.25) is 0 Å². The van der Waals surface area contributed by atoms with E-state index in [1.807, 2.05) is 25.2 Å². The Balaban J connectivity index is 1.38. The van der Waals surface area contributed by atoms with Crippen LogP contribution in [0.15, 0.2) is 42.7 Å². The number of nitrogens with one attached hydrogen (secondary N) is 1. The quantitative estimate of drug-likeness (QED) is 0.698. The van der Waals surface area contributed by atoms with Gasteiger partial charge in [0.2, 0.25) is 11.8 Å². The van der Waals surface area contributed by atoms with E-state index in [2.05, 4.69) is 20.4 Å². The molecule has 0 aromatic carbocycles. The third kappa shape index (κ3) is 2.81. The predicted octanol–water partition coefficient (Wildman–Crippen LogP) is 2.01. The Hall–Kier alpha value is -3.75. The molecule has 0 spiro atoms. The van der Waals surface area contributed by atoms with Crippen molar-refractivity contribution >= 4 is 17.5 Å². The van der Waals surface area contributed by atoms with Crippen LogP contribution >= 0.6 is 0 Å². The molecule has 9 heteroatoms. The summed E-state index contributed by atoms with van der Waals surface area (Å²) < 4.78 is 6.75. The number of anilines is 1. The molecule has 3 aromatic rings. The molecule has 4 heterocycles. The summed E-state index contributed by atoms with van der Waals surface area (Å²) in [4.78, 5) is 36.5. The molecule has 5 rings (SSSR count). The molecule has 2 aliphatic rings. The molecule has 3 aromatic heterocycles. The number of pyridine rings is 2. The van der Waals surface area contributed by atoms with Gasteiger partial charge in [-0.15, -0.1) is 0 Å². The standard InChI is InChI=1S/C21H20N6O3/c1-26-16(7-10-23-26)15-5-3-13-12-27(19(28)18(13)25-15)21(8-9-21)20(29)24-14-4-6-17(30-2)22-11-14/h3-7,10-11H,8-9,12H2,1-2H3,(H,24,29). The van der Waals surface area contributed by atoms with Crippen LogP contribution in [0.4, 0.5) is 5.69 Å². The molecule has 9 nitrogen and oxygen atoms in total. The van der Waals surface area contributed by atoms with Crippen LogP contribution < -0.4 is 10.1 Å². The van der Waals surface area contributed by atoms with Gasteiger partial charge in [-0.05, 0) is 31.0 Å². The lowest BCUT2D eigenvalue weighted by Crippen LogP contribution is -2.46. The SMILES string of the molecule is COc1ccc(NC(=O)C2(N3Cc4ccc(-c5ccnn5C)nc4C3=O)CC2)cn1. The minimum atomic E-state index is -0.843. The fourth-order valence-electron chi connectivity index (χ4n) is 3.84. The Labute approximate surface area is 172 Å². The van der Waals surface area contributed by atoms with Crippen LogP contribution in [0, 0.1) is 0 Å². The fourth-order valence-corrected chi connectivity index (χ4v) is 3.84.